The van der Waals surface area contributed by atoms with Crippen LogP contribution in [0.25, 0.3) is 0 Å². The zero-order valence-electron chi connectivity index (χ0n) is 34.7. The molecule has 4 fully saturated rings. The molecule has 0 radical (unpaired) electrons. The van der Waals surface area contributed by atoms with Crippen molar-refractivity contribution in [3.63, 3.8) is 0 Å². The summed E-state index contributed by atoms with van der Waals surface area (Å²) >= 11 is 6.16. The van der Waals surface area contributed by atoms with Crippen molar-refractivity contribution >= 4 is 47.0 Å². The van der Waals surface area contributed by atoms with E-state index in [1.807, 2.05) is 31.2 Å². The predicted octanol–water partition coefficient (Wildman–Crippen LogP) is 5.51. The van der Waals surface area contributed by atoms with Crippen molar-refractivity contribution in [1.29, 1.82) is 0 Å². The van der Waals surface area contributed by atoms with E-state index in [1.54, 1.807) is 9.80 Å². The Labute approximate surface area is 359 Å². The molecule has 5 heterocycles. The number of rotatable bonds is 10. The van der Waals surface area contributed by atoms with E-state index in [9.17, 15) is 32.3 Å². The number of para-hydroxylation sites is 1. The molecule has 4 saturated heterocycles. The fraction of sp³-hybridized carbons (Fsp3) is 0.628. The lowest BCUT2D eigenvalue weighted by molar-refractivity contribution is -0.159. The van der Waals surface area contributed by atoms with Crippen LogP contribution in [0.5, 0.6) is 0 Å². The van der Waals surface area contributed by atoms with Gasteiger partial charge in [0.05, 0.1) is 34.9 Å². The molecule has 0 aliphatic carbocycles. The second-order valence-corrected chi connectivity index (χ2v) is 17.5. The number of morpholine rings is 1. The van der Waals surface area contributed by atoms with Crippen LogP contribution >= 0.6 is 11.6 Å². The van der Waals surface area contributed by atoms with Gasteiger partial charge in [-0.05, 0) is 94.3 Å². The molecule has 5 aliphatic heterocycles. The largest absolute Gasteiger partial charge is 0.464 e. The zero-order chi connectivity index (χ0) is 43.3. The molecule has 2 aromatic rings. The van der Waals surface area contributed by atoms with Gasteiger partial charge >= 0.3 is 24.3 Å². The molecule has 14 nitrogen and oxygen atoms in total. The number of likely N-dealkylation sites (tertiary alicyclic amines) is 3. The fourth-order valence-corrected chi connectivity index (χ4v) is 9.46. The van der Waals surface area contributed by atoms with E-state index in [4.69, 9.17) is 31.5 Å². The number of fused-ring (bicyclic) bond motifs is 1. The quantitative estimate of drug-likeness (QED) is 0.231. The van der Waals surface area contributed by atoms with Gasteiger partial charge in [-0.3, -0.25) is 14.5 Å². The normalized spacial score (nSPS) is 21.6. The Balaban J connectivity index is 0.948. The number of carbonyl (C=O) groups is 4. The Morgan fingerprint density at radius 1 is 0.934 bits per heavy atom. The molecule has 18 heteroatoms. The van der Waals surface area contributed by atoms with Gasteiger partial charge in [0.15, 0.2) is 6.10 Å². The van der Waals surface area contributed by atoms with E-state index >= 15 is 0 Å². The van der Waals surface area contributed by atoms with E-state index in [0.717, 1.165) is 30.4 Å². The molecule has 1 atom stereocenters. The smallest absolute Gasteiger partial charge is 0.418 e. The zero-order valence-corrected chi connectivity index (χ0v) is 35.5. The van der Waals surface area contributed by atoms with E-state index in [-0.39, 0.29) is 54.2 Å². The first kappa shape index (κ1) is 44.7. The average molecular weight is 876 g/mol. The topological polar surface area (TPSA) is 150 Å². The van der Waals surface area contributed by atoms with E-state index in [0.29, 0.717) is 104 Å². The maximum Gasteiger partial charge on any atom is 0.418 e. The highest BCUT2D eigenvalue weighted by Crippen LogP contribution is 2.39. The molecule has 61 heavy (non-hydrogen) atoms. The molecular weight excluding hydrogens is 819 g/mol. The first-order chi connectivity index (χ1) is 29.2. The van der Waals surface area contributed by atoms with Crippen LogP contribution in [0.15, 0.2) is 36.4 Å². The number of hydrogen-bond donors (Lipinski definition) is 2. The number of anilines is 2. The molecule has 7 rings (SSSR count). The lowest BCUT2D eigenvalue weighted by Gasteiger charge is -2.44. The van der Waals surface area contributed by atoms with Crippen LogP contribution in [0.2, 0.25) is 5.02 Å². The third-order valence-electron chi connectivity index (χ3n) is 13.2. The van der Waals surface area contributed by atoms with Crippen molar-refractivity contribution in [3.8, 4) is 0 Å². The van der Waals surface area contributed by atoms with E-state index < -0.39 is 40.9 Å². The molecule has 3 N–H and O–H groups in total. The number of amides is 4. The highest BCUT2D eigenvalue weighted by Gasteiger charge is 2.42. The lowest BCUT2D eigenvalue weighted by atomic mass is 9.79. The lowest BCUT2D eigenvalue weighted by Crippen LogP contribution is -2.54. The first-order valence-electron chi connectivity index (χ1n) is 21.4. The number of ether oxygens (including phenoxy) is 3. The number of alkyl halides is 3. The summed E-state index contributed by atoms with van der Waals surface area (Å²) in [4.78, 5) is 63.7. The number of halogens is 4. The summed E-state index contributed by atoms with van der Waals surface area (Å²) in [6, 6.07) is 9.63. The van der Waals surface area contributed by atoms with Crippen LogP contribution in [-0.2, 0) is 42.8 Å². The number of nitrogens with zero attached hydrogens (tertiary/aromatic N) is 5. The number of esters is 1. The van der Waals surface area contributed by atoms with Gasteiger partial charge in [-0.2, -0.15) is 13.2 Å². The average Bonchev–Trinajstić information content (AvgIpc) is 3.42. The van der Waals surface area contributed by atoms with Crippen LogP contribution in [-0.4, -0.2) is 152 Å². The minimum atomic E-state index is -4.80. The van der Waals surface area contributed by atoms with Crippen molar-refractivity contribution in [1.82, 2.24) is 24.5 Å². The predicted molar refractivity (Wildman–Crippen MR) is 222 cm³/mol. The number of urea groups is 1. The summed E-state index contributed by atoms with van der Waals surface area (Å²) in [6.07, 6.45) is -3.08. The Bertz CT molecular complexity index is 1890. The number of hydrogen-bond acceptors (Lipinski definition) is 10. The van der Waals surface area contributed by atoms with Gasteiger partial charge in [-0.25, -0.2) is 9.59 Å². The fourth-order valence-electron chi connectivity index (χ4n) is 9.22. The van der Waals surface area contributed by atoms with E-state index in [2.05, 4.69) is 15.1 Å². The minimum Gasteiger partial charge on any atom is -0.464 e. The molecular formula is C43H57ClF3N7O7. The summed E-state index contributed by atoms with van der Waals surface area (Å²) < 4.78 is 58.9. The van der Waals surface area contributed by atoms with Crippen molar-refractivity contribution in [2.45, 2.75) is 82.7 Å². The molecule has 0 bridgehead atoms. The van der Waals surface area contributed by atoms with Crippen molar-refractivity contribution < 1.29 is 46.6 Å². The number of nitrogens with two attached hydrogens (primary N) is 1. The third-order valence-corrected chi connectivity index (χ3v) is 13.5. The van der Waals surface area contributed by atoms with E-state index in [1.165, 1.54) is 11.0 Å². The minimum absolute atomic E-state index is 0.0513. The molecule has 4 amide bonds. The number of nitrogen functional groups attached to an aromatic ring is 1. The van der Waals surface area contributed by atoms with Crippen molar-refractivity contribution in [2.75, 3.05) is 96.3 Å². The van der Waals surface area contributed by atoms with Crippen molar-refractivity contribution in [3.05, 3.63) is 58.1 Å². The second kappa shape index (κ2) is 19.4. The Morgan fingerprint density at radius 2 is 1.59 bits per heavy atom. The van der Waals surface area contributed by atoms with Crippen LogP contribution in [0.3, 0.4) is 0 Å². The summed E-state index contributed by atoms with van der Waals surface area (Å²) in [5.74, 6) is -0.679. The van der Waals surface area contributed by atoms with Gasteiger partial charge in [-0.15, -0.1) is 0 Å². The monoisotopic (exact) mass is 875 g/mol. The van der Waals surface area contributed by atoms with Crippen LogP contribution in [0, 0.1) is 5.41 Å². The maximum absolute atomic E-state index is 14.2. The van der Waals surface area contributed by atoms with Crippen LogP contribution in [0.4, 0.5) is 34.1 Å². The second-order valence-electron chi connectivity index (χ2n) is 17.1. The molecule has 2 aromatic carbocycles. The SMILES string of the molecule is CC1(C(=O)OCCN2CCOCC2)CCN(C2CCN(C(=O)[C@@H](Cc3cc(Cl)c(N)c(C(F)(F)F)c3)OC(=O)N3CCC(N4CCc5ccccc5NC4=O)CC3)CC2)CC1. The number of benzene rings is 2. The third kappa shape index (κ3) is 10.8. The maximum atomic E-state index is 14.2. The first-order valence-corrected chi connectivity index (χ1v) is 21.8. The molecule has 0 saturated carbocycles. The van der Waals surface area contributed by atoms with Gasteiger partial charge < -0.3 is 44.9 Å². The van der Waals surface area contributed by atoms with Gasteiger partial charge in [-0.1, -0.05) is 29.8 Å². The highest BCUT2D eigenvalue weighted by atomic mass is 35.5. The Kier molecular flexibility index (Phi) is 14.2. The molecule has 0 spiro atoms. The molecule has 5 aliphatic rings. The Morgan fingerprint density at radius 3 is 2.28 bits per heavy atom. The summed E-state index contributed by atoms with van der Waals surface area (Å²) in [5, 5.41) is 2.67. The standard InChI is InChI=1S/C43H57ClF3N7O7/c1-42(39(56)60-25-22-50-20-23-59-24-21-50)11-18-51(19-12-42)31-7-13-52(14-8-31)38(55)36(28-29-26-33(43(45,46)47)37(48)34(44)27-29)61-41(58)53-15-9-32(10-16-53)54-17-6-30-4-2-3-5-35(30)49-40(54)57/h2-5,26-27,31-32,36H,6-25,28,48H2,1H3,(H,49,57)/t36-/m1/s1. The van der Waals surface area contributed by atoms with Gasteiger partial charge in [0, 0.05) is 76.5 Å². The van der Waals surface area contributed by atoms with Crippen molar-refractivity contribution in [2.24, 2.45) is 5.41 Å². The van der Waals surface area contributed by atoms with Crippen LogP contribution in [0.1, 0.15) is 62.1 Å². The Hall–Kier alpha value is -4.32. The number of piperidine rings is 3. The van der Waals surface area contributed by atoms with Gasteiger partial charge in [0.25, 0.3) is 5.91 Å². The van der Waals surface area contributed by atoms with Gasteiger partial charge in [0.1, 0.15) is 6.61 Å². The number of carbonyl (C=O) groups excluding carboxylic acids is 4. The number of nitrogens with one attached hydrogen (secondary N) is 1. The molecule has 334 valence electrons. The summed E-state index contributed by atoms with van der Waals surface area (Å²) in [7, 11) is 0. The molecule has 0 aromatic heterocycles. The highest BCUT2D eigenvalue weighted by molar-refractivity contribution is 6.33. The summed E-state index contributed by atoms with van der Waals surface area (Å²) in [5.41, 5.74) is 5.25. The summed E-state index contributed by atoms with van der Waals surface area (Å²) in [6.45, 7) is 9.23. The van der Waals surface area contributed by atoms with Gasteiger partial charge in [0.2, 0.25) is 0 Å². The van der Waals surface area contributed by atoms with Crippen LogP contribution < -0.4 is 11.1 Å². The molecule has 0 unspecified atom stereocenters.